The summed E-state index contributed by atoms with van der Waals surface area (Å²) in [5.74, 6) is -1.22. The Morgan fingerprint density at radius 3 is 2.72 bits per heavy atom. The molecule has 32 heavy (non-hydrogen) atoms. The van der Waals surface area contributed by atoms with Crippen molar-refractivity contribution in [2.45, 2.75) is 26.2 Å². The molecule has 1 saturated heterocycles. The van der Waals surface area contributed by atoms with Gasteiger partial charge in [0.05, 0.1) is 12.0 Å². The van der Waals surface area contributed by atoms with Crippen LogP contribution < -0.4 is 5.56 Å². The van der Waals surface area contributed by atoms with Crippen LogP contribution in [0.5, 0.6) is 0 Å². The molecule has 3 heterocycles. The highest BCUT2D eigenvalue weighted by Gasteiger charge is 2.45. The standard InChI is InChI=1S/C24H24FN3O4/c1-2-32-23(31)24(14-17-7-9-18(25)10-8-17)11-5-12-27(16-24)21(29)19-15-26-20-6-3-4-13-28(20)22(19)30/h3-4,6-10,13,15H,2,5,11-12,14,16H2,1H3/t24-/m1/s1. The molecule has 0 aliphatic carbocycles. The molecule has 3 aromatic rings. The molecule has 1 atom stereocenters. The van der Waals surface area contributed by atoms with Crippen LogP contribution in [0.2, 0.25) is 0 Å². The van der Waals surface area contributed by atoms with Crippen LogP contribution in [0, 0.1) is 11.2 Å². The Balaban J connectivity index is 1.66. The smallest absolute Gasteiger partial charge is 0.314 e. The van der Waals surface area contributed by atoms with Gasteiger partial charge >= 0.3 is 5.97 Å². The lowest BCUT2D eigenvalue weighted by molar-refractivity contribution is -0.158. The molecule has 1 aliphatic rings. The molecule has 0 bridgehead atoms. The first-order valence-electron chi connectivity index (χ1n) is 10.6. The Kier molecular flexibility index (Phi) is 6.03. The second-order valence-electron chi connectivity index (χ2n) is 8.04. The van der Waals surface area contributed by atoms with Crippen LogP contribution in [0.25, 0.3) is 5.65 Å². The number of hydrogen-bond donors (Lipinski definition) is 0. The molecule has 1 fully saturated rings. The highest BCUT2D eigenvalue weighted by atomic mass is 19.1. The SMILES string of the molecule is CCOC(=O)[C@@]1(Cc2ccc(F)cc2)CCCN(C(=O)c2cnc3ccccn3c2=O)C1. The number of amides is 1. The highest BCUT2D eigenvalue weighted by Crippen LogP contribution is 2.36. The van der Waals surface area contributed by atoms with E-state index in [2.05, 4.69) is 4.98 Å². The molecular formula is C24H24FN3O4. The fourth-order valence-electron chi connectivity index (χ4n) is 4.31. The van der Waals surface area contributed by atoms with Crippen molar-refractivity contribution >= 4 is 17.5 Å². The van der Waals surface area contributed by atoms with Gasteiger partial charge in [0.25, 0.3) is 11.5 Å². The van der Waals surface area contributed by atoms with Gasteiger partial charge in [-0.3, -0.25) is 18.8 Å². The van der Waals surface area contributed by atoms with Gasteiger partial charge in [0.2, 0.25) is 0 Å². The Labute approximate surface area is 184 Å². The summed E-state index contributed by atoms with van der Waals surface area (Å²) in [7, 11) is 0. The number of piperidine rings is 1. The first-order valence-corrected chi connectivity index (χ1v) is 10.6. The number of halogens is 1. The van der Waals surface area contributed by atoms with E-state index in [-0.39, 0.29) is 24.5 Å². The van der Waals surface area contributed by atoms with Crippen LogP contribution in [0.3, 0.4) is 0 Å². The number of nitrogens with zero attached hydrogens (tertiary/aromatic N) is 3. The summed E-state index contributed by atoms with van der Waals surface area (Å²) in [5, 5.41) is 0. The Bertz CT molecular complexity index is 1210. The average molecular weight is 437 g/mol. The van der Waals surface area contributed by atoms with Crippen molar-refractivity contribution in [3.8, 4) is 0 Å². The van der Waals surface area contributed by atoms with Crippen LogP contribution in [-0.4, -0.2) is 45.9 Å². The van der Waals surface area contributed by atoms with Crippen molar-refractivity contribution in [3.05, 3.63) is 82.2 Å². The number of benzene rings is 1. The molecule has 8 heteroatoms. The van der Waals surface area contributed by atoms with Gasteiger partial charge in [-0.05, 0) is 56.0 Å². The highest BCUT2D eigenvalue weighted by molar-refractivity contribution is 5.94. The van der Waals surface area contributed by atoms with E-state index >= 15 is 0 Å². The van der Waals surface area contributed by atoms with Crippen LogP contribution in [0.1, 0.15) is 35.7 Å². The van der Waals surface area contributed by atoms with Gasteiger partial charge in [-0.25, -0.2) is 9.37 Å². The molecular weight excluding hydrogens is 413 g/mol. The average Bonchev–Trinajstić information content (AvgIpc) is 2.81. The maximum Gasteiger partial charge on any atom is 0.314 e. The van der Waals surface area contributed by atoms with E-state index in [9.17, 15) is 18.8 Å². The van der Waals surface area contributed by atoms with E-state index in [1.54, 1.807) is 43.5 Å². The van der Waals surface area contributed by atoms with Crippen molar-refractivity contribution in [2.24, 2.45) is 5.41 Å². The summed E-state index contributed by atoms with van der Waals surface area (Å²) in [6.45, 7) is 2.48. The summed E-state index contributed by atoms with van der Waals surface area (Å²) in [6, 6.07) is 11.1. The van der Waals surface area contributed by atoms with Crippen LogP contribution in [0.4, 0.5) is 4.39 Å². The molecule has 1 amide bonds. The maximum atomic E-state index is 13.4. The van der Waals surface area contributed by atoms with Crippen molar-refractivity contribution in [2.75, 3.05) is 19.7 Å². The Hall–Kier alpha value is -3.55. The number of aromatic nitrogens is 2. The summed E-state index contributed by atoms with van der Waals surface area (Å²) in [5.41, 5.74) is -0.241. The van der Waals surface area contributed by atoms with Crippen LogP contribution in [0.15, 0.2) is 59.7 Å². The van der Waals surface area contributed by atoms with E-state index in [1.807, 2.05) is 0 Å². The molecule has 1 aromatic carbocycles. The number of esters is 1. The molecule has 0 unspecified atom stereocenters. The summed E-state index contributed by atoms with van der Waals surface area (Å²) in [6.07, 6.45) is 4.27. The third-order valence-corrected chi connectivity index (χ3v) is 5.87. The van der Waals surface area contributed by atoms with Gasteiger partial charge in [0.1, 0.15) is 17.0 Å². The lowest BCUT2D eigenvalue weighted by Gasteiger charge is -2.41. The van der Waals surface area contributed by atoms with E-state index in [0.29, 0.717) is 31.5 Å². The molecule has 166 valence electrons. The third-order valence-electron chi connectivity index (χ3n) is 5.87. The minimum atomic E-state index is -0.970. The summed E-state index contributed by atoms with van der Waals surface area (Å²) >= 11 is 0. The molecule has 0 N–H and O–H groups in total. The number of hydrogen-bond acceptors (Lipinski definition) is 5. The molecule has 1 aliphatic heterocycles. The number of carbonyl (C=O) groups is 2. The monoisotopic (exact) mass is 437 g/mol. The zero-order chi connectivity index (χ0) is 22.7. The largest absolute Gasteiger partial charge is 0.466 e. The summed E-state index contributed by atoms with van der Waals surface area (Å²) in [4.78, 5) is 45.0. The Morgan fingerprint density at radius 1 is 1.19 bits per heavy atom. The lowest BCUT2D eigenvalue weighted by Crippen LogP contribution is -2.52. The van der Waals surface area contributed by atoms with Crippen molar-refractivity contribution in [1.82, 2.24) is 14.3 Å². The number of fused-ring (bicyclic) bond motifs is 1. The summed E-state index contributed by atoms with van der Waals surface area (Å²) < 4.78 is 20.1. The normalized spacial score (nSPS) is 18.5. The molecule has 2 aromatic heterocycles. The van der Waals surface area contributed by atoms with E-state index in [1.165, 1.54) is 27.6 Å². The van der Waals surface area contributed by atoms with E-state index in [4.69, 9.17) is 4.74 Å². The minimum Gasteiger partial charge on any atom is -0.466 e. The van der Waals surface area contributed by atoms with E-state index < -0.39 is 22.9 Å². The van der Waals surface area contributed by atoms with Gasteiger partial charge in [-0.15, -0.1) is 0 Å². The van der Waals surface area contributed by atoms with Crippen LogP contribution in [-0.2, 0) is 16.0 Å². The molecule has 0 radical (unpaired) electrons. The first-order chi connectivity index (χ1) is 15.4. The number of likely N-dealkylation sites (tertiary alicyclic amines) is 1. The van der Waals surface area contributed by atoms with Gasteiger partial charge < -0.3 is 9.64 Å². The van der Waals surface area contributed by atoms with Crippen molar-refractivity contribution in [1.29, 1.82) is 0 Å². The lowest BCUT2D eigenvalue weighted by atomic mass is 9.75. The number of carbonyl (C=O) groups excluding carboxylic acids is 2. The predicted molar refractivity (Wildman–Crippen MR) is 116 cm³/mol. The van der Waals surface area contributed by atoms with Gasteiger partial charge in [-0.1, -0.05) is 18.2 Å². The zero-order valence-corrected chi connectivity index (χ0v) is 17.8. The minimum absolute atomic E-state index is 0.0462. The number of rotatable bonds is 5. The fourth-order valence-corrected chi connectivity index (χ4v) is 4.31. The molecule has 0 spiro atoms. The third kappa shape index (κ3) is 4.12. The van der Waals surface area contributed by atoms with Gasteiger partial charge in [-0.2, -0.15) is 0 Å². The maximum absolute atomic E-state index is 13.4. The Morgan fingerprint density at radius 2 is 1.97 bits per heavy atom. The zero-order valence-electron chi connectivity index (χ0n) is 17.8. The second-order valence-corrected chi connectivity index (χ2v) is 8.04. The topological polar surface area (TPSA) is 81.0 Å². The second kappa shape index (κ2) is 8.90. The number of pyridine rings is 1. The van der Waals surface area contributed by atoms with Crippen LogP contribution >= 0.6 is 0 Å². The molecule has 7 nitrogen and oxygen atoms in total. The first kappa shape index (κ1) is 21.7. The van der Waals surface area contributed by atoms with Crippen molar-refractivity contribution in [3.63, 3.8) is 0 Å². The number of ether oxygens (including phenoxy) is 1. The fraction of sp³-hybridized carbons (Fsp3) is 0.333. The molecule has 4 rings (SSSR count). The van der Waals surface area contributed by atoms with Crippen molar-refractivity contribution < 1.29 is 18.7 Å². The predicted octanol–water partition coefficient (Wildman–Crippen LogP) is 2.86. The van der Waals surface area contributed by atoms with E-state index in [0.717, 1.165) is 5.56 Å². The molecule has 0 saturated carbocycles. The van der Waals surface area contributed by atoms with Gasteiger partial charge in [0, 0.05) is 25.5 Å². The van der Waals surface area contributed by atoms with Gasteiger partial charge in [0.15, 0.2) is 0 Å². The quantitative estimate of drug-likeness (QED) is 0.574.